The monoisotopic (exact) mass is 415 g/mol. The van der Waals surface area contributed by atoms with E-state index in [-0.39, 0.29) is 17.1 Å². The Kier molecular flexibility index (Phi) is 4.85. The van der Waals surface area contributed by atoms with E-state index in [9.17, 15) is 18.0 Å². The summed E-state index contributed by atoms with van der Waals surface area (Å²) in [7, 11) is 0. The van der Waals surface area contributed by atoms with Gasteiger partial charge in [0.2, 0.25) is 0 Å². The van der Waals surface area contributed by atoms with Crippen molar-refractivity contribution in [3.8, 4) is 16.3 Å². The van der Waals surface area contributed by atoms with Gasteiger partial charge < -0.3 is 5.32 Å². The average Bonchev–Trinajstić information content (AvgIpc) is 3.40. The highest BCUT2D eigenvalue weighted by atomic mass is 32.1. The number of carbonyl (C=O) groups is 1. The van der Waals surface area contributed by atoms with Gasteiger partial charge in [-0.25, -0.2) is 14.6 Å². The molecule has 0 aliphatic carbocycles. The Morgan fingerprint density at radius 1 is 1.10 bits per heavy atom. The van der Waals surface area contributed by atoms with Gasteiger partial charge in [-0.3, -0.25) is 4.79 Å². The third-order valence-electron chi connectivity index (χ3n) is 4.00. The molecule has 0 radical (unpaired) electrons. The standard InChI is InChI=1S/C19H12F3N5OS/c20-19(21,22)13-6-7-16(27-11-23-10-24-27)14(8-13)25-17(28)15-9-29-18(26-15)12-4-2-1-3-5-12/h1-11H,(H,25,28). The molecule has 2 aromatic heterocycles. The fourth-order valence-corrected chi connectivity index (χ4v) is 3.43. The second kappa shape index (κ2) is 7.47. The summed E-state index contributed by atoms with van der Waals surface area (Å²) in [5.41, 5.74) is 0.265. The van der Waals surface area contributed by atoms with Gasteiger partial charge in [0.25, 0.3) is 5.91 Å². The minimum absolute atomic E-state index is 0.0513. The maximum atomic E-state index is 13.1. The fraction of sp³-hybridized carbons (Fsp3) is 0.0526. The molecule has 0 saturated heterocycles. The van der Waals surface area contributed by atoms with Crippen LogP contribution in [-0.4, -0.2) is 25.7 Å². The maximum Gasteiger partial charge on any atom is 0.416 e. The Morgan fingerprint density at radius 3 is 2.59 bits per heavy atom. The van der Waals surface area contributed by atoms with E-state index in [0.29, 0.717) is 5.01 Å². The van der Waals surface area contributed by atoms with Crippen molar-refractivity contribution in [3.63, 3.8) is 0 Å². The first-order valence-corrected chi connectivity index (χ1v) is 9.18. The van der Waals surface area contributed by atoms with Gasteiger partial charge in [-0.05, 0) is 18.2 Å². The molecule has 4 rings (SSSR count). The predicted octanol–water partition coefficient (Wildman–Crippen LogP) is 4.66. The second-order valence-corrected chi connectivity index (χ2v) is 6.79. The van der Waals surface area contributed by atoms with E-state index in [4.69, 9.17) is 0 Å². The Hall–Kier alpha value is -3.53. The van der Waals surface area contributed by atoms with E-state index in [1.54, 1.807) is 5.38 Å². The molecule has 4 aromatic rings. The van der Waals surface area contributed by atoms with Gasteiger partial charge in [-0.1, -0.05) is 30.3 Å². The Bertz CT molecular complexity index is 1140. The van der Waals surface area contributed by atoms with Crippen LogP contribution < -0.4 is 5.32 Å². The van der Waals surface area contributed by atoms with Gasteiger partial charge in [0.05, 0.1) is 16.9 Å². The van der Waals surface area contributed by atoms with Crippen LogP contribution in [-0.2, 0) is 6.18 Å². The lowest BCUT2D eigenvalue weighted by atomic mass is 10.1. The number of thiazole rings is 1. The normalized spacial score (nSPS) is 11.4. The van der Waals surface area contributed by atoms with Crippen molar-refractivity contribution in [2.45, 2.75) is 6.18 Å². The molecule has 2 heterocycles. The van der Waals surface area contributed by atoms with Crippen molar-refractivity contribution in [3.05, 3.63) is 77.8 Å². The largest absolute Gasteiger partial charge is 0.416 e. The van der Waals surface area contributed by atoms with Crippen LogP contribution in [0.3, 0.4) is 0 Å². The lowest BCUT2D eigenvalue weighted by Gasteiger charge is -2.14. The summed E-state index contributed by atoms with van der Waals surface area (Å²) in [6, 6.07) is 12.3. The van der Waals surface area contributed by atoms with Crippen molar-refractivity contribution in [2.75, 3.05) is 5.32 Å². The molecule has 1 amide bonds. The van der Waals surface area contributed by atoms with E-state index in [1.165, 1.54) is 34.7 Å². The molecule has 10 heteroatoms. The molecule has 146 valence electrons. The average molecular weight is 415 g/mol. The Morgan fingerprint density at radius 2 is 1.90 bits per heavy atom. The highest BCUT2D eigenvalue weighted by molar-refractivity contribution is 7.13. The smallest absolute Gasteiger partial charge is 0.319 e. The molecule has 0 spiro atoms. The molecular formula is C19H12F3N5OS. The highest BCUT2D eigenvalue weighted by Crippen LogP contribution is 2.33. The summed E-state index contributed by atoms with van der Waals surface area (Å²) in [6.45, 7) is 0. The van der Waals surface area contributed by atoms with Crippen molar-refractivity contribution >= 4 is 22.9 Å². The zero-order chi connectivity index (χ0) is 20.4. The van der Waals surface area contributed by atoms with Gasteiger partial charge in [-0.15, -0.1) is 11.3 Å². The number of carbonyl (C=O) groups excluding carboxylic acids is 1. The van der Waals surface area contributed by atoms with Gasteiger partial charge in [0, 0.05) is 10.9 Å². The van der Waals surface area contributed by atoms with Crippen LogP contribution in [0.5, 0.6) is 0 Å². The number of hydrogen-bond donors (Lipinski definition) is 1. The lowest BCUT2D eigenvalue weighted by molar-refractivity contribution is -0.137. The van der Waals surface area contributed by atoms with Gasteiger partial charge in [-0.2, -0.15) is 18.3 Å². The summed E-state index contributed by atoms with van der Waals surface area (Å²) in [6.07, 6.45) is -1.98. The number of anilines is 1. The third kappa shape index (κ3) is 4.02. The van der Waals surface area contributed by atoms with Crippen molar-refractivity contribution in [1.29, 1.82) is 0 Å². The number of hydrogen-bond acceptors (Lipinski definition) is 5. The molecule has 2 aromatic carbocycles. The Balaban J connectivity index is 1.66. The van der Waals surface area contributed by atoms with E-state index in [0.717, 1.165) is 17.7 Å². The van der Waals surface area contributed by atoms with E-state index >= 15 is 0 Å². The number of halogens is 3. The zero-order valence-corrected chi connectivity index (χ0v) is 15.4. The quantitative estimate of drug-likeness (QED) is 0.526. The molecule has 0 aliphatic heterocycles. The van der Waals surface area contributed by atoms with Crippen LogP contribution in [0.4, 0.5) is 18.9 Å². The number of benzene rings is 2. The van der Waals surface area contributed by atoms with Gasteiger partial charge in [0.15, 0.2) is 0 Å². The third-order valence-corrected chi connectivity index (χ3v) is 4.89. The minimum Gasteiger partial charge on any atom is -0.319 e. The lowest BCUT2D eigenvalue weighted by Crippen LogP contribution is -2.16. The number of rotatable bonds is 4. The van der Waals surface area contributed by atoms with E-state index in [1.807, 2.05) is 30.3 Å². The van der Waals surface area contributed by atoms with Crippen LogP contribution in [0, 0.1) is 0 Å². The first kappa shape index (κ1) is 18.8. The molecule has 0 unspecified atom stereocenters. The Labute approximate surface area is 166 Å². The second-order valence-electron chi connectivity index (χ2n) is 5.93. The molecule has 0 atom stereocenters. The first-order valence-electron chi connectivity index (χ1n) is 8.30. The summed E-state index contributed by atoms with van der Waals surface area (Å²) >= 11 is 1.27. The van der Waals surface area contributed by atoms with Crippen LogP contribution in [0.25, 0.3) is 16.3 Å². The fourth-order valence-electron chi connectivity index (χ4n) is 2.62. The molecule has 29 heavy (non-hydrogen) atoms. The molecule has 0 aliphatic rings. The first-order chi connectivity index (χ1) is 13.9. The molecule has 1 N–H and O–H groups in total. The minimum atomic E-state index is -4.55. The predicted molar refractivity (Wildman–Crippen MR) is 102 cm³/mol. The van der Waals surface area contributed by atoms with Gasteiger partial charge >= 0.3 is 6.18 Å². The van der Waals surface area contributed by atoms with Crippen LogP contribution in [0.1, 0.15) is 16.1 Å². The van der Waals surface area contributed by atoms with Crippen molar-refractivity contribution < 1.29 is 18.0 Å². The number of nitrogens with one attached hydrogen (secondary N) is 1. The molecule has 0 bridgehead atoms. The molecule has 6 nitrogen and oxygen atoms in total. The van der Waals surface area contributed by atoms with Gasteiger partial charge in [0.1, 0.15) is 23.4 Å². The van der Waals surface area contributed by atoms with E-state index < -0.39 is 17.6 Å². The number of nitrogens with zero attached hydrogens (tertiary/aromatic N) is 4. The van der Waals surface area contributed by atoms with Crippen LogP contribution in [0.2, 0.25) is 0 Å². The molecule has 0 fully saturated rings. The molecular weight excluding hydrogens is 403 g/mol. The molecule has 0 saturated carbocycles. The number of alkyl halides is 3. The topological polar surface area (TPSA) is 72.7 Å². The number of aromatic nitrogens is 4. The van der Waals surface area contributed by atoms with Crippen LogP contribution in [0.15, 0.2) is 66.6 Å². The van der Waals surface area contributed by atoms with Crippen LogP contribution >= 0.6 is 11.3 Å². The zero-order valence-electron chi connectivity index (χ0n) is 14.6. The highest BCUT2D eigenvalue weighted by Gasteiger charge is 2.31. The summed E-state index contributed by atoms with van der Waals surface area (Å²) < 4.78 is 40.7. The summed E-state index contributed by atoms with van der Waals surface area (Å²) in [5.74, 6) is -0.621. The summed E-state index contributed by atoms with van der Waals surface area (Å²) in [4.78, 5) is 20.7. The SMILES string of the molecule is O=C(Nc1cc(C(F)(F)F)ccc1-n1cncn1)c1csc(-c2ccccc2)n1. The van der Waals surface area contributed by atoms with E-state index in [2.05, 4.69) is 20.4 Å². The van der Waals surface area contributed by atoms with Crippen molar-refractivity contribution in [1.82, 2.24) is 19.7 Å². The maximum absolute atomic E-state index is 13.1. The summed E-state index contributed by atoms with van der Waals surface area (Å²) in [5, 5.41) is 8.62. The number of amides is 1. The van der Waals surface area contributed by atoms with Crippen molar-refractivity contribution in [2.24, 2.45) is 0 Å².